The Morgan fingerprint density at radius 3 is 2.88 bits per heavy atom. The van der Waals surface area contributed by atoms with Crippen molar-refractivity contribution in [3.63, 3.8) is 0 Å². The second-order valence-electron chi connectivity index (χ2n) is 1.18. The summed E-state index contributed by atoms with van der Waals surface area (Å²) < 4.78 is 11.2. The molecule has 0 bridgehead atoms. The molecule has 46 valence electrons. The predicted molar refractivity (Wildman–Crippen MR) is 29.2 cm³/mol. The Morgan fingerprint density at radius 2 is 2.50 bits per heavy atom. The Labute approximate surface area is 47.4 Å². The van der Waals surface area contributed by atoms with Crippen LogP contribution in [0.25, 0.3) is 0 Å². The van der Waals surface area contributed by atoms with Crippen molar-refractivity contribution in [2.24, 2.45) is 0 Å². The second kappa shape index (κ2) is 4.30. The third-order valence-electron chi connectivity index (χ3n) is 0.579. The van der Waals surface area contributed by atoms with Gasteiger partial charge in [0.05, 0.1) is 0 Å². The molecule has 0 aliphatic rings. The Hall–Kier alpha value is -0.860. The van der Waals surface area contributed by atoms with Crippen LogP contribution in [0.2, 0.25) is 0 Å². The van der Waals surface area contributed by atoms with Crippen LogP contribution in [0.1, 0.15) is 0 Å². The third-order valence-corrected chi connectivity index (χ3v) is 0.579. The van der Waals surface area contributed by atoms with E-state index in [0.29, 0.717) is 0 Å². The summed E-state index contributed by atoms with van der Waals surface area (Å²) in [5, 5.41) is 2.25. The van der Waals surface area contributed by atoms with Crippen LogP contribution < -0.4 is 5.32 Å². The van der Waals surface area contributed by atoms with E-state index in [1.54, 1.807) is 0 Å². The molecule has 0 aromatic rings. The number of hydrogen-bond acceptors (Lipinski definition) is 1. The number of alkyl halides is 1. The molecule has 0 atom stereocenters. The normalized spacial score (nSPS) is 8.12. The molecule has 0 saturated heterocycles. The van der Waals surface area contributed by atoms with Crippen LogP contribution in [0.5, 0.6) is 0 Å². The van der Waals surface area contributed by atoms with E-state index in [1.165, 1.54) is 0 Å². The van der Waals surface area contributed by atoms with Gasteiger partial charge in [-0.05, 0) is 6.08 Å². The standard InChI is InChI=1S/C5H8FNO/c1-2-5(8)7-4-3-6/h2H,1,3-4H2,(H,7,8). The van der Waals surface area contributed by atoms with Gasteiger partial charge in [-0.1, -0.05) is 6.58 Å². The van der Waals surface area contributed by atoms with Crippen LogP contribution in [0, 0.1) is 0 Å². The first kappa shape index (κ1) is 7.14. The Bertz CT molecular complexity index is 92.4. The van der Waals surface area contributed by atoms with Gasteiger partial charge in [0.1, 0.15) is 6.67 Å². The summed E-state index contributed by atoms with van der Waals surface area (Å²) in [6.45, 7) is 2.73. The first-order chi connectivity index (χ1) is 3.81. The van der Waals surface area contributed by atoms with Crippen LogP contribution >= 0.6 is 0 Å². The van der Waals surface area contributed by atoms with E-state index in [0.717, 1.165) is 6.08 Å². The Morgan fingerprint density at radius 1 is 1.88 bits per heavy atom. The van der Waals surface area contributed by atoms with Crippen molar-refractivity contribution in [1.82, 2.24) is 5.32 Å². The summed E-state index contributed by atoms with van der Waals surface area (Å²) in [6, 6.07) is 0. The average molecular weight is 117 g/mol. The third kappa shape index (κ3) is 3.33. The van der Waals surface area contributed by atoms with E-state index in [2.05, 4.69) is 11.9 Å². The molecule has 0 unspecified atom stereocenters. The SMILES string of the molecule is C=CC(=O)NCCF. The van der Waals surface area contributed by atoms with E-state index in [9.17, 15) is 9.18 Å². The lowest BCUT2D eigenvalue weighted by Crippen LogP contribution is -2.22. The van der Waals surface area contributed by atoms with Crippen LogP contribution in [0.3, 0.4) is 0 Å². The molecule has 0 radical (unpaired) electrons. The van der Waals surface area contributed by atoms with Gasteiger partial charge in [-0.3, -0.25) is 4.79 Å². The quantitative estimate of drug-likeness (QED) is 0.528. The van der Waals surface area contributed by atoms with Crippen LogP contribution in [-0.2, 0) is 4.79 Å². The van der Waals surface area contributed by atoms with Gasteiger partial charge in [0, 0.05) is 6.54 Å². The summed E-state index contributed by atoms with van der Waals surface area (Å²) in [6.07, 6.45) is 1.11. The molecule has 0 spiro atoms. The van der Waals surface area contributed by atoms with Gasteiger partial charge >= 0.3 is 0 Å². The molecule has 8 heavy (non-hydrogen) atoms. The van der Waals surface area contributed by atoms with Gasteiger partial charge in [-0.2, -0.15) is 0 Å². The summed E-state index contributed by atoms with van der Waals surface area (Å²) in [5.41, 5.74) is 0. The lowest BCUT2D eigenvalue weighted by molar-refractivity contribution is -0.116. The van der Waals surface area contributed by atoms with Gasteiger partial charge < -0.3 is 5.32 Å². The topological polar surface area (TPSA) is 29.1 Å². The van der Waals surface area contributed by atoms with E-state index < -0.39 is 6.67 Å². The van der Waals surface area contributed by atoms with Crippen molar-refractivity contribution in [2.75, 3.05) is 13.2 Å². The fourth-order valence-corrected chi connectivity index (χ4v) is 0.243. The molecule has 0 fully saturated rings. The van der Waals surface area contributed by atoms with Crippen LogP contribution in [0.15, 0.2) is 12.7 Å². The maximum atomic E-state index is 11.2. The predicted octanol–water partition coefficient (Wildman–Crippen LogP) is 0.258. The highest BCUT2D eigenvalue weighted by Gasteiger charge is 1.88. The zero-order valence-electron chi connectivity index (χ0n) is 4.48. The zero-order valence-corrected chi connectivity index (χ0v) is 4.48. The number of amides is 1. The first-order valence-electron chi connectivity index (χ1n) is 2.27. The van der Waals surface area contributed by atoms with Gasteiger partial charge in [0.25, 0.3) is 0 Å². The summed E-state index contributed by atoms with van der Waals surface area (Å²) in [7, 11) is 0. The Kier molecular flexibility index (Phi) is 3.84. The smallest absolute Gasteiger partial charge is 0.243 e. The molecular formula is C5H8FNO. The zero-order chi connectivity index (χ0) is 6.41. The number of carbonyl (C=O) groups excluding carboxylic acids is 1. The molecule has 3 heteroatoms. The molecule has 1 N–H and O–H groups in total. The molecular weight excluding hydrogens is 109 g/mol. The maximum absolute atomic E-state index is 11.2. The molecule has 0 rings (SSSR count). The minimum absolute atomic E-state index is 0.0743. The van der Waals surface area contributed by atoms with Crippen molar-refractivity contribution < 1.29 is 9.18 Å². The van der Waals surface area contributed by atoms with Crippen LogP contribution in [-0.4, -0.2) is 19.1 Å². The molecule has 0 aromatic heterocycles. The van der Waals surface area contributed by atoms with E-state index >= 15 is 0 Å². The molecule has 0 aromatic carbocycles. The average Bonchev–Trinajstić information content (AvgIpc) is 1.83. The minimum Gasteiger partial charge on any atom is -0.350 e. The highest BCUT2D eigenvalue weighted by Crippen LogP contribution is 1.66. The second-order valence-corrected chi connectivity index (χ2v) is 1.18. The first-order valence-corrected chi connectivity index (χ1v) is 2.27. The number of halogens is 1. The number of hydrogen-bond donors (Lipinski definition) is 1. The van der Waals surface area contributed by atoms with Gasteiger partial charge in [0.15, 0.2) is 0 Å². The van der Waals surface area contributed by atoms with Crippen molar-refractivity contribution in [3.05, 3.63) is 12.7 Å². The fraction of sp³-hybridized carbons (Fsp3) is 0.400. The largest absolute Gasteiger partial charge is 0.350 e. The summed E-state index contributed by atoms with van der Waals surface area (Å²) >= 11 is 0. The number of carbonyl (C=O) groups is 1. The minimum atomic E-state index is -0.528. The fourth-order valence-electron chi connectivity index (χ4n) is 0.243. The van der Waals surface area contributed by atoms with Gasteiger partial charge in [-0.15, -0.1) is 0 Å². The van der Waals surface area contributed by atoms with Crippen molar-refractivity contribution in [3.8, 4) is 0 Å². The lowest BCUT2D eigenvalue weighted by Gasteiger charge is -1.93. The number of nitrogens with one attached hydrogen (secondary N) is 1. The molecule has 0 aliphatic heterocycles. The molecule has 0 aliphatic carbocycles. The summed E-state index contributed by atoms with van der Waals surface area (Å²) in [4.78, 5) is 10.2. The monoisotopic (exact) mass is 117 g/mol. The molecule has 1 amide bonds. The maximum Gasteiger partial charge on any atom is 0.243 e. The summed E-state index contributed by atoms with van der Waals surface area (Å²) in [5.74, 6) is -0.331. The van der Waals surface area contributed by atoms with Gasteiger partial charge in [0.2, 0.25) is 5.91 Å². The highest BCUT2D eigenvalue weighted by atomic mass is 19.1. The van der Waals surface area contributed by atoms with E-state index in [1.807, 2.05) is 0 Å². The molecule has 0 saturated carbocycles. The number of rotatable bonds is 3. The lowest BCUT2D eigenvalue weighted by atomic mass is 10.5. The van der Waals surface area contributed by atoms with E-state index in [-0.39, 0.29) is 12.5 Å². The highest BCUT2D eigenvalue weighted by molar-refractivity contribution is 5.86. The van der Waals surface area contributed by atoms with Gasteiger partial charge in [-0.25, -0.2) is 4.39 Å². The molecule has 0 heterocycles. The molecule has 2 nitrogen and oxygen atoms in total. The van der Waals surface area contributed by atoms with Crippen molar-refractivity contribution in [1.29, 1.82) is 0 Å². The van der Waals surface area contributed by atoms with Crippen molar-refractivity contribution >= 4 is 5.91 Å². The van der Waals surface area contributed by atoms with Crippen LogP contribution in [0.4, 0.5) is 4.39 Å². The van der Waals surface area contributed by atoms with Crippen molar-refractivity contribution in [2.45, 2.75) is 0 Å². The Balaban J connectivity index is 3.11. The van der Waals surface area contributed by atoms with E-state index in [4.69, 9.17) is 0 Å².